The maximum atomic E-state index is 12.2. The molecule has 0 bridgehead atoms. The summed E-state index contributed by atoms with van der Waals surface area (Å²) in [4.78, 5) is 57.5. The van der Waals surface area contributed by atoms with Gasteiger partial charge in [-0.1, -0.05) is 0 Å². The molecule has 0 saturated heterocycles. The third kappa shape index (κ3) is 7.87. The number of amides is 4. The van der Waals surface area contributed by atoms with Crippen LogP contribution in [0, 0.1) is 0 Å². The first-order valence-electron chi connectivity index (χ1n) is 7.43. The van der Waals surface area contributed by atoms with E-state index < -0.39 is 73.4 Å². The molecule has 0 aliphatic heterocycles. The average Bonchev–Trinajstić information content (AvgIpc) is 2.55. The predicted octanol–water partition coefficient (Wildman–Crippen LogP) is -5.27. The number of nitrogens with two attached hydrogens (primary N) is 2. The van der Waals surface area contributed by atoms with E-state index in [0.717, 1.165) is 0 Å². The molecular weight excluding hydrogens is 354 g/mol. The first-order valence-corrected chi connectivity index (χ1v) is 7.43. The van der Waals surface area contributed by atoms with Crippen LogP contribution in [0.1, 0.15) is 13.3 Å². The second-order valence-corrected chi connectivity index (χ2v) is 5.35. The van der Waals surface area contributed by atoms with E-state index in [0.29, 0.717) is 0 Å². The Kier molecular flexibility index (Phi) is 9.80. The lowest BCUT2D eigenvalue weighted by atomic mass is 10.1. The highest BCUT2D eigenvalue weighted by Gasteiger charge is 2.30. The van der Waals surface area contributed by atoms with Crippen LogP contribution < -0.4 is 27.4 Å². The average molecular weight is 377 g/mol. The van der Waals surface area contributed by atoms with Gasteiger partial charge in [-0.15, -0.1) is 0 Å². The van der Waals surface area contributed by atoms with Crippen LogP contribution >= 0.6 is 0 Å². The van der Waals surface area contributed by atoms with Crippen molar-refractivity contribution in [2.45, 2.75) is 37.5 Å². The summed E-state index contributed by atoms with van der Waals surface area (Å²) in [5, 5.41) is 33.0. The highest BCUT2D eigenvalue weighted by Crippen LogP contribution is 1.96. The number of aliphatic hydroxyl groups excluding tert-OH is 2. The number of carbonyl (C=O) groups excluding carboxylic acids is 4. The van der Waals surface area contributed by atoms with Crippen LogP contribution in [0.4, 0.5) is 0 Å². The highest BCUT2D eigenvalue weighted by atomic mass is 16.4. The van der Waals surface area contributed by atoms with Gasteiger partial charge < -0.3 is 42.7 Å². The molecule has 13 nitrogen and oxygen atoms in total. The Balaban J connectivity index is 5.09. The summed E-state index contributed by atoms with van der Waals surface area (Å²) in [5.74, 6) is -5.34. The third-order valence-electron chi connectivity index (χ3n) is 3.06. The van der Waals surface area contributed by atoms with Gasteiger partial charge in [0, 0.05) is 0 Å². The van der Waals surface area contributed by atoms with E-state index in [1.807, 2.05) is 10.6 Å². The van der Waals surface area contributed by atoms with Gasteiger partial charge >= 0.3 is 5.97 Å². The van der Waals surface area contributed by atoms with Crippen molar-refractivity contribution >= 4 is 29.6 Å². The van der Waals surface area contributed by atoms with Gasteiger partial charge in [0.2, 0.25) is 23.6 Å². The van der Waals surface area contributed by atoms with Crippen molar-refractivity contribution in [3.05, 3.63) is 0 Å². The fourth-order valence-electron chi connectivity index (χ4n) is 1.64. The van der Waals surface area contributed by atoms with Gasteiger partial charge in [-0.25, -0.2) is 4.79 Å². The Morgan fingerprint density at radius 2 is 1.27 bits per heavy atom. The van der Waals surface area contributed by atoms with Crippen LogP contribution in [0.15, 0.2) is 0 Å². The van der Waals surface area contributed by atoms with Gasteiger partial charge in [0.25, 0.3) is 0 Å². The lowest BCUT2D eigenvalue weighted by Gasteiger charge is -2.23. The first kappa shape index (κ1) is 23.2. The van der Waals surface area contributed by atoms with E-state index in [2.05, 4.69) is 5.32 Å². The standard InChI is InChI=1S/C13H23N5O8/c1-5(14)10(22)16-6(2-9(15)21)11(23)17-7(3-19)12(24)18-8(4-20)13(25)26/h5-8,19-20H,2-4,14H2,1H3,(H2,15,21)(H,16,22)(H,17,23)(H,18,24)(H,25,26). The normalized spacial score (nSPS) is 15.1. The van der Waals surface area contributed by atoms with Crippen molar-refractivity contribution in [1.29, 1.82) is 0 Å². The minimum absolute atomic E-state index is 0.599. The van der Waals surface area contributed by atoms with Gasteiger partial charge in [-0.2, -0.15) is 0 Å². The number of carbonyl (C=O) groups is 5. The lowest BCUT2D eigenvalue weighted by molar-refractivity contribution is -0.143. The number of primary amides is 1. The van der Waals surface area contributed by atoms with E-state index >= 15 is 0 Å². The number of aliphatic carboxylic acids is 1. The number of hydrogen-bond donors (Lipinski definition) is 8. The molecule has 0 aromatic heterocycles. The van der Waals surface area contributed by atoms with E-state index in [-0.39, 0.29) is 0 Å². The molecule has 4 unspecified atom stereocenters. The minimum Gasteiger partial charge on any atom is -0.480 e. The summed E-state index contributed by atoms with van der Waals surface area (Å²) < 4.78 is 0. The van der Waals surface area contributed by atoms with Gasteiger partial charge in [0.1, 0.15) is 18.1 Å². The quantitative estimate of drug-likeness (QED) is 0.171. The monoisotopic (exact) mass is 377 g/mol. The molecule has 10 N–H and O–H groups in total. The first-order chi connectivity index (χ1) is 12.0. The number of aliphatic hydroxyl groups is 2. The largest absolute Gasteiger partial charge is 0.480 e. The molecule has 13 heteroatoms. The maximum absolute atomic E-state index is 12.2. The van der Waals surface area contributed by atoms with Crippen molar-refractivity contribution < 1.29 is 39.3 Å². The maximum Gasteiger partial charge on any atom is 0.328 e. The van der Waals surface area contributed by atoms with Crippen LogP contribution in [0.3, 0.4) is 0 Å². The molecule has 148 valence electrons. The van der Waals surface area contributed by atoms with E-state index in [1.165, 1.54) is 6.92 Å². The van der Waals surface area contributed by atoms with Crippen LogP contribution in [0.2, 0.25) is 0 Å². The molecule has 0 fully saturated rings. The molecule has 0 saturated carbocycles. The molecule has 4 amide bonds. The third-order valence-corrected chi connectivity index (χ3v) is 3.06. The Labute approximate surface area is 148 Å². The summed E-state index contributed by atoms with van der Waals surface area (Å²) in [6.07, 6.45) is -0.599. The zero-order chi connectivity index (χ0) is 20.4. The molecule has 0 radical (unpaired) electrons. The fraction of sp³-hybridized carbons (Fsp3) is 0.615. The summed E-state index contributed by atoms with van der Waals surface area (Å²) in [6, 6.07) is -5.69. The molecule has 0 aliphatic carbocycles. The Morgan fingerprint density at radius 1 is 0.846 bits per heavy atom. The zero-order valence-corrected chi connectivity index (χ0v) is 14.0. The molecule has 0 heterocycles. The van der Waals surface area contributed by atoms with E-state index in [1.54, 1.807) is 0 Å². The van der Waals surface area contributed by atoms with Crippen LogP contribution in [-0.2, 0) is 24.0 Å². The van der Waals surface area contributed by atoms with Crippen molar-refractivity contribution in [1.82, 2.24) is 16.0 Å². The second-order valence-electron chi connectivity index (χ2n) is 5.35. The van der Waals surface area contributed by atoms with Crippen molar-refractivity contribution in [3.8, 4) is 0 Å². The molecular formula is C13H23N5O8. The fourth-order valence-corrected chi connectivity index (χ4v) is 1.64. The van der Waals surface area contributed by atoms with Crippen LogP contribution in [-0.4, -0.2) is 82.3 Å². The topological polar surface area (TPSA) is 234 Å². The number of nitrogens with one attached hydrogen (secondary N) is 3. The highest BCUT2D eigenvalue weighted by molar-refractivity contribution is 5.96. The van der Waals surface area contributed by atoms with Gasteiger partial charge in [0.05, 0.1) is 25.7 Å². The lowest BCUT2D eigenvalue weighted by Crippen LogP contribution is -2.58. The number of rotatable bonds is 11. The number of carboxylic acid groups (broad SMARTS) is 1. The van der Waals surface area contributed by atoms with E-state index in [9.17, 15) is 29.1 Å². The zero-order valence-electron chi connectivity index (χ0n) is 14.0. The Hall–Kier alpha value is -2.77. The number of hydrogen-bond acceptors (Lipinski definition) is 8. The van der Waals surface area contributed by atoms with E-state index in [4.69, 9.17) is 21.7 Å². The Morgan fingerprint density at radius 3 is 1.65 bits per heavy atom. The molecule has 0 spiro atoms. The van der Waals surface area contributed by atoms with Crippen LogP contribution in [0.5, 0.6) is 0 Å². The summed E-state index contributed by atoms with van der Waals surface area (Å²) >= 11 is 0. The second kappa shape index (κ2) is 11.0. The molecule has 0 aromatic rings. The van der Waals surface area contributed by atoms with Crippen molar-refractivity contribution in [2.24, 2.45) is 11.5 Å². The SMILES string of the molecule is CC(N)C(=O)NC(CC(N)=O)C(=O)NC(CO)C(=O)NC(CO)C(=O)O. The minimum atomic E-state index is -1.65. The van der Waals surface area contributed by atoms with Gasteiger partial charge in [-0.05, 0) is 6.92 Å². The summed E-state index contributed by atoms with van der Waals surface area (Å²) in [7, 11) is 0. The Bertz CT molecular complexity index is 553. The predicted molar refractivity (Wildman–Crippen MR) is 85.1 cm³/mol. The van der Waals surface area contributed by atoms with Gasteiger partial charge in [-0.3, -0.25) is 19.2 Å². The molecule has 0 aliphatic rings. The molecule has 0 aromatic carbocycles. The molecule has 0 rings (SSSR count). The van der Waals surface area contributed by atoms with Crippen molar-refractivity contribution in [3.63, 3.8) is 0 Å². The smallest absolute Gasteiger partial charge is 0.328 e. The summed E-state index contributed by atoms with van der Waals surface area (Å²) in [6.45, 7) is -0.499. The van der Waals surface area contributed by atoms with Crippen molar-refractivity contribution in [2.75, 3.05) is 13.2 Å². The van der Waals surface area contributed by atoms with Crippen LogP contribution in [0.25, 0.3) is 0 Å². The van der Waals surface area contributed by atoms with Gasteiger partial charge in [0.15, 0.2) is 0 Å². The molecule has 26 heavy (non-hydrogen) atoms. The summed E-state index contributed by atoms with van der Waals surface area (Å²) in [5.41, 5.74) is 10.3. The molecule has 4 atom stereocenters. The number of carboxylic acids is 1.